The molecular formula is C6H4F2LiNO3. The van der Waals surface area contributed by atoms with Gasteiger partial charge in [-0.3, -0.25) is 0 Å². The van der Waals surface area contributed by atoms with E-state index in [0.717, 1.165) is 0 Å². The molecule has 1 heterocycles. The minimum absolute atomic E-state index is 0. The normalized spacial score (nSPS) is 10.7. The van der Waals surface area contributed by atoms with Crippen molar-refractivity contribution in [1.29, 1.82) is 0 Å². The van der Waals surface area contributed by atoms with E-state index in [1.54, 1.807) is 0 Å². The van der Waals surface area contributed by atoms with E-state index in [-0.39, 0.29) is 18.9 Å². The minimum atomic E-state index is -3.27. The molecule has 1 rings (SSSR count). The Morgan fingerprint density at radius 3 is 2.46 bits per heavy atom. The van der Waals surface area contributed by atoms with Crippen molar-refractivity contribution in [2.24, 2.45) is 0 Å². The number of oxazole rings is 1. The number of hydrogen-bond acceptors (Lipinski definition) is 4. The average Bonchev–Trinajstić information content (AvgIpc) is 2.30. The summed E-state index contributed by atoms with van der Waals surface area (Å²) < 4.78 is 28.9. The fourth-order valence-electron chi connectivity index (χ4n) is 0.569. The zero-order valence-electron chi connectivity index (χ0n) is 7.01. The van der Waals surface area contributed by atoms with Gasteiger partial charge < -0.3 is 14.3 Å². The molecule has 0 aliphatic carbocycles. The Morgan fingerprint density at radius 1 is 1.69 bits per heavy atom. The molecule has 0 atom stereocenters. The van der Waals surface area contributed by atoms with Gasteiger partial charge in [0, 0.05) is 6.92 Å². The van der Waals surface area contributed by atoms with Crippen LogP contribution in [-0.2, 0) is 5.92 Å². The summed E-state index contributed by atoms with van der Waals surface area (Å²) in [5, 5.41) is 10.1. The zero-order valence-corrected chi connectivity index (χ0v) is 7.01. The Kier molecular flexibility index (Phi) is 3.64. The number of aromatic nitrogens is 1. The van der Waals surface area contributed by atoms with E-state index in [1.165, 1.54) is 0 Å². The van der Waals surface area contributed by atoms with E-state index in [1.807, 2.05) is 0 Å². The van der Waals surface area contributed by atoms with Crippen molar-refractivity contribution >= 4 is 5.97 Å². The van der Waals surface area contributed by atoms with E-state index in [4.69, 9.17) is 0 Å². The molecule has 1 aromatic heterocycles. The van der Waals surface area contributed by atoms with Gasteiger partial charge in [-0.1, -0.05) is 0 Å². The maximum atomic E-state index is 12.4. The number of carbonyl (C=O) groups excluding carboxylic acids is 1. The van der Waals surface area contributed by atoms with Crippen molar-refractivity contribution in [3.63, 3.8) is 0 Å². The number of carbonyl (C=O) groups is 1. The summed E-state index contributed by atoms with van der Waals surface area (Å²) in [5.41, 5.74) is -0.633. The summed E-state index contributed by atoms with van der Waals surface area (Å²) in [5.74, 6) is -5.84. The van der Waals surface area contributed by atoms with E-state index >= 15 is 0 Å². The van der Waals surface area contributed by atoms with Crippen LogP contribution in [0.3, 0.4) is 0 Å². The molecule has 7 heteroatoms. The van der Waals surface area contributed by atoms with Crippen LogP contribution in [0.4, 0.5) is 8.78 Å². The monoisotopic (exact) mass is 183 g/mol. The van der Waals surface area contributed by atoms with E-state index < -0.39 is 23.5 Å². The van der Waals surface area contributed by atoms with Crippen LogP contribution in [0.5, 0.6) is 0 Å². The quantitative estimate of drug-likeness (QED) is 0.463. The number of nitrogens with zero attached hydrogens (tertiary/aromatic N) is 1. The van der Waals surface area contributed by atoms with Crippen LogP contribution in [0.15, 0.2) is 10.7 Å². The van der Waals surface area contributed by atoms with E-state index in [2.05, 4.69) is 9.40 Å². The molecule has 0 fully saturated rings. The number of alkyl halides is 2. The standard InChI is InChI=1S/C6H5F2NO3.Li/c1-6(7,8)5-9-3(2-12-5)4(10)11;/h2H,1H3,(H,10,11);/q;+1/p-1. The van der Waals surface area contributed by atoms with Gasteiger partial charge in [0.1, 0.15) is 12.0 Å². The number of hydrogen-bond donors (Lipinski definition) is 0. The zero-order chi connectivity index (χ0) is 9.35. The van der Waals surface area contributed by atoms with Crippen LogP contribution in [0.1, 0.15) is 23.3 Å². The number of carboxylic acids is 1. The van der Waals surface area contributed by atoms with Gasteiger partial charge in [0.15, 0.2) is 0 Å². The van der Waals surface area contributed by atoms with Gasteiger partial charge >= 0.3 is 24.8 Å². The molecule has 0 spiro atoms. The van der Waals surface area contributed by atoms with Gasteiger partial charge in [-0.25, -0.2) is 4.98 Å². The van der Waals surface area contributed by atoms with Gasteiger partial charge in [-0.2, -0.15) is 8.78 Å². The molecule has 0 aromatic carbocycles. The van der Waals surface area contributed by atoms with E-state index in [0.29, 0.717) is 13.2 Å². The van der Waals surface area contributed by atoms with Crippen LogP contribution >= 0.6 is 0 Å². The predicted octanol–water partition coefficient (Wildman–Crippen LogP) is -2.85. The SMILES string of the molecule is CC(F)(F)c1nc(C(=O)[O-])co1.[Li+]. The third kappa shape index (κ3) is 2.83. The summed E-state index contributed by atoms with van der Waals surface area (Å²) in [6.07, 6.45) is 0.613. The fourth-order valence-corrected chi connectivity index (χ4v) is 0.569. The van der Waals surface area contributed by atoms with Crippen LogP contribution in [0, 0.1) is 0 Å². The fraction of sp³-hybridized carbons (Fsp3) is 0.333. The molecule has 13 heavy (non-hydrogen) atoms. The molecule has 1 aromatic rings. The van der Waals surface area contributed by atoms with Crippen LogP contribution in [-0.4, -0.2) is 11.0 Å². The summed E-state index contributed by atoms with van der Waals surface area (Å²) >= 11 is 0. The molecule has 0 radical (unpaired) electrons. The van der Waals surface area contributed by atoms with Crippen LogP contribution in [0.2, 0.25) is 0 Å². The third-order valence-electron chi connectivity index (χ3n) is 1.09. The van der Waals surface area contributed by atoms with Gasteiger partial charge in [0.05, 0.1) is 5.97 Å². The maximum Gasteiger partial charge on any atom is 1.00 e. The first-order valence-corrected chi connectivity index (χ1v) is 2.96. The molecule has 0 unspecified atom stereocenters. The number of carboxylic acid groups (broad SMARTS) is 1. The molecule has 0 aliphatic rings. The van der Waals surface area contributed by atoms with Crippen molar-refractivity contribution in [2.75, 3.05) is 0 Å². The Labute approximate surface area is 84.1 Å². The Morgan fingerprint density at radius 2 is 2.23 bits per heavy atom. The van der Waals surface area contributed by atoms with Crippen molar-refractivity contribution in [2.45, 2.75) is 12.8 Å². The van der Waals surface area contributed by atoms with Gasteiger partial charge in [0.25, 0.3) is 5.89 Å². The second-order valence-corrected chi connectivity index (χ2v) is 2.21. The Hall–Kier alpha value is -0.863. The van der Waals surface area contributed by atoms with Gasteiger partial charge in [0.2, 0.25) is 0 Å². The molecule has 4 nitrogen and oxygen atoms in total. The Bertz CT molecular complexity index is 307. The number of aromatic carboxylic acids is 1. The first-order valence-electron chi connectivity index (χ1n) is 2.96. The number of halogens is 2. The Balaban J connectivity index is 0.00000144. The summed E-state index contributed by atoms with van der Waals surface area (Å²) in [4.78, 5) is 13.1. The molecule has 0 saturated carbocycles. The van der Waals surface area contributed by atoms with Crippen molar-refractivity contribution in [3.05, 3.63) is 17.8 Å². The van der Waals surface area contributed by atoms with Gasteiger partial charge in [-0.15, -0.1) is 0 Å². The van der Waals surface area contributed by atoms with Crippen molar-refractivity contribution in [1.82, 2.24) is 4.98 Å². The van der Waals surface area contributed by atoms with E-state index in [9.17, 15) is 18.7 Å². The van der Waals surface area contributed by atoms with Crippen LogP contribution < -0.4 is 24.0 Å². The molecular weight excluding hydrogens is 179 g/mol. The van der Waals surface area contributed by atoms with Crippen molar-refractivity contribution < 1.29 is 42.0 Å². The summed E-state index contributed by atoms with van der Waals surface area (Å²) in [6.45, 7) is 0.553. The largest absolute Gasteiger partial charge is 1.00 e. The first-order chi connectivity index (χ1) is 5.41. The molecule has 0 N–H and O–H groups in total. The topological polar surface area (TPSA) is 66.2 Å². The molecule has 0 amide bonds. The molecule has 0 bridgehead atoms. The summed E-state index contributed by atoms with van der Waals surface area (Å²) in [7, 11) is 0. The second-order valence-electron chi connectivity index (χ2n) is 2.21. The third-order valence-corrected chi connectivity index (χ3v) is 1.09. The minimum Gasteiger partial charge on any atom is -0.543 e. The molecule has 0 saturated heterocycles. The second kappa shape index (κ2) is 3.90. The summed E-state index contributed by atoms with van der Waals surface area (Å²) in [6, 6.07) is 0. The average molecular weight is 183 g/mol. The first kappa shape index (κ1) is 12.1. The van der Waals surface area contributed by atoms with Crippen LogP contribution in [0.25, 0.3) is 0 Å². The maximum absolute atomic E-state index is 12.4. The number of rotatable bonds is 2. The smallest absolute Gasteiger partial charge is 0.543 e. The molecule has 66 valence electrons. The molecule has 0 aliphatic heterocycles. The predicted molar refractivity (Wildman–Crippen MR) is 30.4 cm³/mol. The van der Waals surface area contributed by atoms with Crippen molar-refractivity contribution in [3.8, 4) is 0 Å². The van der Waals surface area contributed by atoms with Gasteiger partial charge in [-0.05, 0) is 0 Å².